The van der Waals surface area contributed by atoms with Crippen LogP contribution >= 0.6 is 11.3 Å². The van der Waals surface area contributed by atoms with Crippen molar-refractivity contribution in [3.8, 4) is 11.1 Å². The lowest BCUT2D eigenvalue weighted by Crippen LogP contribution is -1.78. The summed E-state index contributed by atoms with van der Waals surface area (Å²) in [6, 6.07) is 20.0. The van der Waals surface area contributed by atoms with Gasteiger partial charge in [0.05, 0.1) is 0 Å². The first-order valence-corrected chi connectivity index (χ1v) is 6.97. The van der Waals surface area contributed by atoms with Gasteiger partial charge in [0.1, 0.15) is 0 Å². The lowest BCUT2D eigenvalue weighted by Gasteiger charge is -2.02. The second-order valence-electron chi connectivity index (χ2n) is 4.45. The molecule has 0 atom stereocenters. The molecule has 4 rings (SSSR count). The average molecular weight is 260 g/mol. The predicted molar refractivity (Wildman–Crippen MR) is 81.4 cm³/mol. The van der Waals surface area contributed by atoms with Crippen LogP contribution in [0.25, 0.3) is 31.3 Å². The maximum Gasteiger partial charge on any atom is 0.0434 e. The zero-order valence-corrected chi connectivity index (χ0v) is 10.9. The third kappa shape index (κ3) is 1.65. The molecule has 0 aliphatic heterocycles. The van der Waals surface area contributed by atoms with Crippen molar-refractivity contribution >= 4 is 31.5 Å². The van der Waals surface area contributed by atoms with Crippen molar-refractivity contribution in [2.24, 2.45) is 0 Å². The van der Waals surface area contributed by atoms with Crippen LogP contribution in [0, 0.1) is 6.07 Å². The van der Waals surface area contributed by atoms with Gasteiger partial charge in [0.15, 0.2) is 0 Å². The Bertz CT molecular complexity index is 862. The molecule has 2 heteroatoms. The molecular weight excluding hydrogens is 250 g/mol. The Morgan fingerprint density at radius 1 is 0.895 bits per heavy atom. The molecule has 0 aliphatic rings. The molecule has 0 amide bonds. The zero-order valence-electron chi connectivity index (χ0n) is 10.1. The number of nitrogens with zero attached hydrogens (tertiary/aromatic N) is 1. The quantitative estimate of drug-likeness (QED) is 0.473. The summed E-state index contributed by atoms with van der Waals surface area (Å²) in [6.45, 7) is 0. The van der Waals surface area contributed by atoms with Crippen molar-refractivity contribution < 1.29 is 0 Å². The molecule has 89 valence electrons. The maximum atomic E-state index is 4.09. The summed E-state index contributed by atoms with van der Waals surface area (Å²) in [5, 5.41) is 2.60. The minimum atomic E-state index is 1.20. The van der Waals surface area contributed by atoms with Crippen LogP contribution in [0.1, 0.15) is 0 Å². The fourth-order valence-electron chi connectivity index (χ4n) is 2.43. The van der Waals surface area contributed by atoms with Gasteiger partial charge in [0, 0.05) is 38.1 Å². The minimum Gasteiger partial charge on any atom is -0.265 e. The van der Waals surface area contributed by atoms with Crippen molar-refractivity contribution in [3.63, 3.8) is 0 Å². The number of hydrogen-bond acceptors (Lipinski definition) is 2. The van der Waals surface area contributed by atoms with E-state index in [-0.39, 0.29) is 0 Å². The van der Waals surface area contributed by atoms with Crippen LogP contribution in [0.3, 0.4) is 0 Å². The van der Waals surface area contributed by atoms with Crippen molar-refractivity contribution in [1.29, 1.82) is 0 Å². The number of hydrogen-bond donors (Lipinski definition) is 0. The third-order valence-electron chi connectivity index (χ3n) is 3.33. The minimum absolute atomic E-state index is 1.20. The zero-order chi connectivity index (χ0) is 12.7. The topological polar surface area (TPSA) is 12.9 Å². The van der Waals surface area contributed by atoms with Gasteiger partial charge in [-0.3, -0.25) is 4.98 Å². The number of rotatable bonds is 1. The maximum absolute atomic E-state index is 4.09. The van der Waals surface area contributed by atoms with Crippen molar-refractivity contribution in [2.75, 3.05) is 0 Å². The first-order valence-electron chi connectivity index (χ1n) is 6.15. The molecule has 0 unspecified atom stereocenters. The monoisotopic (exact) mass is 260 g/mol. The van der Waals surface area contributed by atoms with Crippen molar-refractivity contribution in [2.45, 2.75) is 0 Å². The number of benzene rings is 2. The van der Waals surface area contributed by atoms with E-state index in [1.165, 1.54) is 31.3 Å². The van der Waals surface area contributed by atoms with Gasteiger partial charge < -0.3 is 0 Å². The third-order valence-corrected chi connectivity index (χ3v) is 4.55. The highest BCUT2D eigenvalue weighted by Crippen LogP contribution is 2.39. The molecule has 2 aromatic carbocycles. The molecule has 1 radical (unpaired) electrons. The predicted octanol–water partition coefficient (Wildman–Crippen LogP) is 4.92. The van der Waals surface area contributed by atoms with E-state index in [1.807, 2.05) is 35.9 Å². The van der Waals surface area contributed by atoms with Gasteiger partial charge >= 0.3 is 0 Å². The van der Waals surface area contributed by atoms with Gasteiger partial charge in [0.2, 0.25) is 0 Å². The Kier molecular flexibility index (Phi) is 2.35. The Morgan fingerprint density at radius 3 is 2.63 bits per heavy atom. The number of thiophene rings is 1. The van der Waals surface area contributed by atoms with Crippen molar-refractivity contribution in [3.05, 3.63) is 67.0 Å². The summed E-state index contributed by atoms with van der Waals surface area (Å²) >= 11 is 1.84. The smallest absolute Gasteiger partial charge is 0.0434 e. The molecule has 0 bridgehead atoms. The summed E-state index contributed by atoms with van der Waals surface area (Å²) in [6.07, 6.45) is 3.67. The van der Waals surface area contributed by atoms with E-state index in [1.54, 1.807) is 0 Å². The summed E-state index contributed by atoms with van der Waals surface area (Å²) in [4.78, 5) is 4.09. The highest BCUT2D eigenvalue weighted by molar-refractivity contribution is 7.26. The van der Waals surface area contributed by atoms with E-state index >= 15 is 0 Å². The molecule has 4 aromatic rings. The first kappa shape index (κ1) is 10.7. The summed E-state index contributed by atoms with van der Waals surface area (Å²) in [7, 11) is 0. The molecule has 0 aliphatic carbocycles. The van der Waals surface area contributed by atoms with Gasteiger partial charge in [-0.05, 0) is 42.0 Å². The van der Waals surface area contributed by atoms with Crippen LogP contribution in [0.4, 0.5) is 0 Å². The fraction of sp³-hybridized carbons (Fsp3) is 0. The fourth-order valence-corrected chi connectivity index (χ4v) is 3.65. The van der Waals surface area contributed by atoms with Crippen LogP contribution in [0.5, 0.6) is 0 Å². The van der Waals surface area contributed by atoms with E-state index in [4.69, 9.17) is 0 Å². The van der Waals surface area contributed by atoms with Crippen LogP contribution in [0.15, 0.2) is 60.9 Å². The lowest BCUT2D eigenvalue weighted by molar-refractivity contribution is 1.33. The molecule has 0 spiro atoms. The van der Waals surface area contributed by atoms with Gasteiger partial charge in [0.25, 0.3) is 0 Å². The largest absolute Gasteiger partial charge is 0.265 e. The van der Waals surface area contributed by atoms with Crippen LogP contribution < -0.4 is 0 Å². The van der Waals surface area contributed by atoms with Crippen molar-refractivity contribution in [1.82, 2.24) is 4.98 Å². The Labute approximate surface area is 115 Å². The van der Waals surface area contributed by atoms with E-state index in [0.29, 0.717) is 0 Å². The molecule has 0 fully saturated rings. The molecule has 1 nitrogen and oxygen atoms in total. The summed E-state index contributed by atoms with van der Waals surface area (Å²) < 4.78 is 2.65. The highest BCUT2D eigenvalue weighted by Gasteiger charge is 2.09. The molecular formula is C17H10NS. The van der Waals surface area contributed by atoms with Crippen LogP contribution in [-0.2, 0) is 0 Å². The molecule has 19 heavy (non-hydrogen) atoms. The normalized spacial score (nSPS) is 11.2. The molecule has 2 heterocycles. The van der Waals surface area contributed by atoms with Gasteiger partial charge in [-0.1, -0.05) is 18.2 Å². The van der Waals surface area contributed by atoms with E-state index in [9.17, 15) is 0 Å². The van der Waals surface area contributed by atoms with E-state index in [0.717, 1.165) is 0 Å². The molecule has 0 N–H and O–H groups in total. The van der Waals surface area contributed by atoms with E-state index < -0.39 is 0 Å². The lowest BCUT2D eigenvalue weighted by atomic mass is 10.0. The average Bonchev–Trinajstić information content (AvgIpc) is 2.87. The highest BCUT2D eigenvalue weighted by atomic mass is 32.1. The molecule has 0 saturated carbocycles. The van der Waals surface area contributed by atoms with Gasteiger partial charge in [-0.25, -0.2) is 0 Å². The summed E-state index contributed by atoms with van der Waals surface area (Å²) in [5.41, 5.74) is 2.43. The second-order valence-corrected chi connectivity index (χ2v) is 5.50. The number of pyridine rings is 1. The van der Waals surface area contributed by atoms with E-state index in [2.05, 4.69) is 47.4 Å². The van der Waals surface area contributed by atoms with Crippen LogP contribution in [0.2, 0.25) is 0 Å². The number of fused-ring (bicyclic) bond motifs is 3. The second kappa shape index (κ2) is 4.18. The Balaban J connectivity index is 2.13. The number of aromatic nitrogens is 1. The molecule has 2 aromatic heterocycles. The van der Waals surface area contributed by atoms with Crippen LogP contribution in [-0.4, -0.2) is 4.98 Å². The standard InChI is InChI=1S/C17H10NS/c1-2-7-16-14(4-1)15-6-3-5-13(17(15)19-16)12-8-10-18-11-9-12/h1-2,4-11H. The first-order chi connectivity index (χ1) is 9.43. The van der Waals surface area contributed by atoms with Gasteiger partial charge in [-0.15, -0.1) is 11.3 Å². The summed E-state index contributed by atoms with van der Waals surface area (Å²) in [5.74, 6) is 0. The molecule has 0 saturated heterocycles. The van der Waals surface area contributed by atoms with Gasteiger partial charge in [-0.2, -0.15) is 0 Å². The SMILES string of the molecule is [c]1cc(-c2ccncc2)c2sc3ccccc3c2c1. The Morgan fingerprint density at radius 2 is 1.74 bits per heavy atom. The Hall–Kier alpha value is -2.19.